The van der Waals surface area contributed by atoms with Crippen LogP contribution in [-0.2, 0) is 4.79 Å². The number of urea groups is 1. The van der Waals surface area contributed by atoms with Gasteiger partial charge in [-0.25, -0.2) is 9.59 Å². The Morgan fingerprint density at radius 1 is 1.44 bits per heavy atom. The van der Waals surface area contributed by atoms with E-state index in [0.717, 1.165) is 0 Å². The molecule has 1 aliphatic carbocycles. The van der Waals surface area contributed by atoms with E-state index in [4.69, 9.17) is 5.11 Å². The molecule has 18 heavy (non-hydrogen) atoms. The Kier molecular flexibility index (Phi) is 5.40. The van der Waals surface area contributed by atoms with Gasteiger partial charge >= 0.3 is 12.0 Å². The van der Waals surface area contributed by atoms with E-state index in [9.17, 15) is 9.59 Å². The first-order valence-electron chi connectivity index (χ1n) is 6.44. The van der Waals surface area contributed by atoms with Gasteiger partial charge < -0.3 is 15.7 Å². The number of carboxylic acid groups (broad SMARTS) is 1. The Bertz CT molecular complexity index is 305. The zero-order valence-electron chi connectivity index (χ0n) is 11.3. The molecule has 6 heteroatoms. The van der Waals surface area contributed by atoms with Crippen molar-refractivity contribution in [2.75, 3.05) is 13.6 Å². The minimum atomic E-state index is -1.00. The van der Waals surface area contributed by atoms with Crippen LogP contribution in [-0.4, -0.2) is 53.7 Å². The van der Waals surface area contributed by atoms with Gasteiger partial charge in [0.25, 0.3) is 0 Å². The fraction of sp³-hybridized carbons (Fsp3) is 0.833. The smallest absolute Gasteiger partial charge is 0.326 e. The zero-order chi connectivity index (χ0) is 13.7. The van der Waals surface area contributed by atoms with E-state index in [2.05, 4.69) is 15.5 Å². The van der Waals surface area contributed by atoms with Crippen LogP contribution in [0.1, 0.15) is 33.1 Å². The number of hydrogen-bond donors (Lipinski definition) is 3. The minimum absolute atomic E-state index is 0.258. The fourth-order valence-electron chi connectivity index (χ4n) is 1.77. The van der Waals surface area contributed by atoms with Crippen molar-refractivity contribution in [3.63, 3.8) is 0 Å². The summed E-state index contributed by atoms with van der Waals surface area (Å²) in [6, 6.07) is -0.331. The van der Waals surface area contributed by atoms with Crippen molar-refractivity contribution in [1.29, 1.82) is 0 Å². The minimum Gasteiger partial charge on any atom is -0.480 e. The molecule has 1 saturated carbocycles. The van der Waals surface area contributed by atoms with E-state index in [-0.39, 0.29) is 6.04 Å². The maximum atomic E-state index is 11.5. The van der Waals surface area contributed by atoms with Gasteiger partial charge in [-0.05, 0) is 33.2 Å². The zero-order valence-corrected chi connectivity index (χ0v) is 11.3. The lowest BCUT2D eigenvalue weighted by molar-refractivity contribution is -0.139. The van der Waals surface area contributed by atoms with Crippen molar-refractivity contribution in [2.45, 2.75) is 51.2 Å². The number of amides is 2. The molecule has 0 spiro atoms. The number of aliphatic carboxylic acids is 1. The highest BCUT2D eigenvalue weighted by Gasteiger charge is 2.29. The van der Waals surface area contributed by atoms with Crippen molar-refractivity contribution >= 4 is 12.0 Å². The molecule has 3 N–H and O–H groups in total. The van der Waals surface area contributed by atoms with Crippen LogP contribution < -0.4 is 10.6 Å². The number of nitrogens with zero attached hydrogens (tertiary/aromatic N) is 1. The topological polar surface area (TPSA) is 81.7 Å². The second-order valence-corrected chi connectivity index (χ2v) is 4.90. The summed E-state index contributed by atoms with van der Waals surface area (Å²) in [7, 11) is 2.05. The summed E-state index contributed by atoms with van der Waals surface area (Å²) in [5, 5.41) is 14.0. The van der Waals surface area contributed by atoms with Crippen molar-refractivity contribution in [3.8, 4) is 0 Å². The third-order valence-corrected chi connectivity index (χ3v) is 3.39. The van der Waals surface area contributed by atoms with Crippen molar-refractivity contribution in [3.05, 3.63) is 0 Å². The van der Waals surface area contributed by atoms with Crippen LogP contribution in [0.3, 0.4) is 0 Å². The molecular weight excluding hydrogens is 234 g/mol. The molecule has 0 aromatic heterocycles. The second-order valence-electron chi connectivity index (χ2n) is 4.90. The van der Waals surface area contributed by atoms with Crippen LogP contribution in [0.4, 0.5) is 4.79 Å². The van der Waals surface area contributed by atoms with E-state index in [1.165, 1.54) is 12.8 Å². The van der Waals surface area contributed by atoms with Crippen molar-refractivity contribution in [1.82, 2.24) is 15.5 Å². The third-order valence-electron chi connectivity index (χ3n) is 3.39. The molecule has 1 rings (SSSR count). The molecule has 0 aromatic carbocycles. The first-order valence-corrected chi connectivity index (χ1v) is 6.44. The van der Waals surface area contributed by atoms with E-state index >= 15 is 0 Å². The normalized spacial score (nSPS) is 18.2. The highest BCUT2D eigenvalue weighted by molar-refractivity contribution is 5.82. The number of hydrogen-bond acceptors (Lipinski definition) is 3. The molecule has 0 aliphatic heterocycles. The molecule has 1 unspecified atom stereocenters. The van der Waals surface area contributed by atoms with Crippen LogP contribution >= 0.6 is 0 Å². The molecular formula is C12H23N3O3. The SMILES string of the molecule is CC[C@@H](NC(=O)NCC(C)N(C)C1CC1)C(=O)O. The van der Waals surface area contributed by atoms with Crippen LogP contribution in [0.25, 0.3) is 0 Å². The van der Waals surface area contributed by atoms with Crippen LogP contribution in [0.2, 0.25) is 0 Å². The predicted molar refractivity (Wildman–Crippen MR) is 68.5 cm³/mol. The maximum absolute atomic E-state index is 11.5. The average molecular weight is 257 g/mol. The van der Waals surface area contributed by atoms with E-state index in [0.29, 0.717) is 19.0 Å². The van der Waals surface area contributed by atoms with Crippen LogP contribution in [0.5, 0.6) is 0 Å². The van der Waals surface area contributed by atoms with Gasteiger partial charge in [-0.3, -0.25) is 4.90 Å². The fourth-order valence-corrected chi connectivity index (χ4v) is 1.77. The average Bonchev–Trinajstić information content (AvgIpc) is 3.15. The predicted octanol–water partition coefficient (Wildman–Crippen LogP) is 0.631. The largest absolute Gasteiger partial charge is 0.480 e. The Morgan fingerprint density at radius 3 is 2.50 bits per heavy atom. The molecule has 2 amide bonds. The molecule has 6 nitrogen and oxygen atoms in total. The number of carbonyl (C=O) groups is 2. The van der Waals surface area contributed by atoms with Crippen LogP contribution in [0, 0.1) is 0 Å². The maximum Gasteiger partial charge on any atom is 0.326 e. The van der Waals surface area contributed by atoms with Gasteiger partial charge in [0.1, 0.15) is 6.04 Å². The summed E-state index contributed by atoms with van der Waals surface area (Å²) in [6.07, 6.45) is 2.83. The summed E-state index contributed by atoms with van der Waals surface area (Å²) in [5.74, 6) is -1.00. The standard InChI is InChI=1S/C12H23N3O3/c1-4-10(11(16)17)14-12(18)13-7-8(2)15(3)9-5-6-9/h8-10H,4-7H2,1-3H3,(H,16,17)(H2,13,14,18)/t8?,10-/m1/s1. The Balaban J connectivity index is 2.25. The molecule has 1 aliphatic rings. The molecule has 104 valence electrons. The summed E-state index contributed by atoms with van der Waals surface area (Å²) >= 11 is 0. The van der Waals surface area contributed by atoms with E-state index < -0.39 is 18.0 Å². The van der Waals surface area contributed by atoms with Gasteiger partial charge in [-0.1, -0.05) is 6.92 Å². The Hall–Kier alpha value is -1.30. The number of carboxylic acids is 1. The second kappa shape index (κ2) is 6.58. The molecule has 0 heterocycles. The summed E-state index contributed by atoms with van der Waals surface area (Å²) in [6.45, 7) is 4.30. The molecule has 0 aromatic rings. The first-order chi connectivity index (χ1) is 8.45. The van der Waals surface area contributed by atoms with Gasteiger partial charge in [-0.2, -0.15) is 0 Å². The summed E-state index contributed by atoms with van der Waals surface area (Å²) < 4.78 is 0. The lowest BCUT2D eigenvalue weighted by Gasteiger charge is -2.25. The highest BCUT2D eigenvalue weighted by Crippen LogP contribution is 2.26. The first kappa shape index (κ1) is 14.8. The molecule has 1 fully saturated rings. The third kappa shape index (κ3) is 4.52. The van der Waals surface area contributed by atoms with Crippen LogP contribution in [0.15, 0.2) is 0 Å². The molecule has 2 atom stereocenters. The van der Waals surface area contributed by atoms with Crippen molar-refractivity contribution in [2.24, 2.45) is 0 Å². The molecule has 0 radical (unpaired) electrons. The van der Waals surface area contributed by atoms with Gasteiger partial charge in [-0.15, -0.1) is 0 Å². The van der Waals surface area contributed by atoms with Crippen molar-refractivity contribution < 1.29 is 14.7 Å². The van der Waals surface area contributed by atoms with E-state index in [1.54, 1.807) is 6.92 Å². The van der Waals surface area contributed by atoms with Gasteiger partial charge in [0.15, 0.2) is 0 Å². The van der Waals surface area contributed by atoms with Gasteiger partial charge in [0, 0.05) is 18.6 Å². The summed E-state index contributed by atoms with van der Waals surface area (Å²) in [5.41, 5.74) is 0. The molecule has 0 saturated heterocycles. The summed E-state index contributed by atoms with van der Waals surface area (Å²) in [4.78, 5) is 24.5. The molecule has 0 bridgehead atoms. The monoisotopic (exact) mass is 257 g/mol. The Labute approximate surface area is 108 Å². The number of likely N-dealkylation sites (N-methyl/N-ethyl adjacent to an activating group) is 1. The lowest BCUT2D eigenvalue weighted by atomic mass is 10.2. The van der Waals surface area contributed by atoms with Gasteiger partial charge in [0.2, 0.25) is 0 Å². The Morgan fingerprint density at radius 2 is 2.06 bits per heavy atom. The highest BCUT2D eigenvalue weighted by atomic mass is 16.4. The van der Waals surface area contributed by atoms with Gasteiger partial charge in [0.05, 0.1) is 0 Å². The number of rotatable bonds is 7. The lowest BCUT2D eigenvalue weighted by Crippen LogP contribution is -2.49. The number of nitrogens with one attached hydrogen (secondary N) is 2. The van der Waals surface area contributed by atoms with E-state index in [1.807, 2.05) is 14.0 Å². The number of carbonyl (C=O) groups excluding carboxylic acids is 1. The quantitative estimate of drug-likeness (QED) is 0.625.